The summed E-state index contributed by atoms with van der Waals surface area (Å²) in [5, 5.41) is 3.76. The van der Waals surface area contributed by atoms with Crippen molar-refractivity contribution in [3.8, 4) is 0 Å². The predicted molar refractivity (Wildman–Crippen MR) is 74.9 cm³/mol. The molecule has 3 nitrogen and oxygen atoms in total. The van der Waals surface area contributed by atoms with Gasteiger partial charge in [-0.2, -0.15) is 0 Å². The van der Waals surface area contributed by atoms with Crippen LogP contribution in [0.3, 0.4) is 0 Å². The fraction of sp³-hybridized carbons (Fsp3) is 0.667. The maximum atomic E-state index is 4.30. The third-order valence-corrected chi connectivity index (χ3v) is 4.63. The Morgan fingerprint density at radius 3 is 2.89 bits per heavy atom. The van der Waals surface area contributed by atoms with E-state index in [0.29, 0.717) is 6.04 Å². The SMILES string of the molecule is Cc1ccncc1N1CC(C)(C2CC2)NCC1C. The molecule has 2 fully saturated rings. The molecule has 3 rings (SSSR count). The molecule has 1 aromatic rings. The Hall–Kier alpha value is -1.09. The zero-order valence-corrected chi connectivity index (χ0v) is 11.6. The molecule has 0 aromatic carbocycles. The summed E-state index contributed by atoms with van der Waals surface area (Å²) < 4.78 is 0. The molecule has 2 aliphatic rings. The second kappa shape index (κ2) is 4.23. The number of aryl methyl sites for hydroxylation is 1. The van der Waals surface area contributed by atoms with Crippen LogP contribution in [0, 0.1) is 12.8 Å². The Balaban J connectivity index is 1.87. The first kappa shape index (κ1) is 12.0. The molecule has 0 radical (unpaired) electrons. The number of aromatic nitrogens is 1. The van der Waals surface area contributed by atoms with E-state index in [1.807, 2.05) is 12.4 Å². The van der Waals surface area contributed by atoms with Crippen molar-refractivity contribution in [3.05, 3.63) is 24.0 Å². The molecule has 0 amide bonds. The van der Waals surface area contributed by atoms with Crippen molar-refractivity contribution in [2.45, 2.75) is 45.2 Å². The molecule has 1 aliphatic heterocycles. The van der Waals surface area contributed by atoms with Gasteiger partial charge in [0.1, 0.15) is 0 Å². The molecule has 1 saturated heterocycles. The normalized spacial score (nSPS) is 32.6. The highest BCUT2D eigenvalue weighted by atomic mass is 15.3. The lowest BCUT2D eigenvalue weighted by molar-refractivity contribution is 0.260. The molecule has 1 aliphatic carbocycles. The number of hydrogen-bond donors (Lipinski definition) is 1. The molecule has 2 heterocycles. The lowest BCUT2D eigenvalue weighted by atomic mass is 9.90. The Labute approximate surface area is 110 Å². The third kappa shape index (κ3) is 2.01. The van der Waals surface area contributed by atoms with E-state index in [9.17, 15) is 0 Å². The van der Waals surface area contributed by atoms with Gasteiger partial charge in [0.15, 0.2) is 0 Å². The maximum Gasteiger partial charge on any atom is 0.0585 e. The van der Waals surface area contributed by atoms with Crippen molar-refractivity contribution in [1.82, 2.24) is 10.3 Å². The molecular formula is C15H23N3. The van der Waals surface area contributed by atoms with Gasteiger partial charge >= 0.3 is 0 Å². The van der Waals surface area contributed by atoms with E-state index in [-0.39, 0.29) is 5.54 Å². The first-order chi connectivity index (χ1) is 8.60. The van der Waals surface area contributed by atoms with Gasteiger partial charge in [0.2, 0.25) is 0 Å². The van der Waals surface area contributed by atoms with Gasteiger partial charge in [0, 0.05) is 30.9 Å². The quantitative estimate of drug-likeness (QED) is 0.867. The van der Waals surface area contributed by atoms with Crippen LogP contribution in [0.5, 0.6) is 0 Å². The molecule has 98 valence electrons. The van der Waals surface area contributed by atoms with Crippen LogP contribution < -0.4 is 10.2 Å². The number of anilines is 1. The minimum atomic E-state index is 0.286. The topological polar surface area (TPSA) is 28.2 Å². The smallest absolute Gasteiger partial charge is 0.0585 e. The zero-order chi connectivity index (χ0) is 12.8. The van der Waals surface area contributed by atoms with E-state index in [1.165, 1.54) is 24.1 Å². The highest BCUT2D eigenvalue weighted by Crippen LogP contribution is 2.42. The summed E-state index contributed by atoms with van der Waals surface area (Å²) in [5.74, 6) is 0.865. The third-order valence-electron chi connectivity index (χ3n) is 4.63. The van der Waals surface area contributed by atoms with Crippen molar-refractivity contribution >= 4 is 5.69 Å². The van der Waals surface area contributed by atoms with Gasteiger partial charge < -0.3 is 10.2 Å². The van der Waals surface area contributed by atoms with Crippen LogP contribution in [0.25, 0.3) is 0 Å². The number of nitrogens with zero attached hydrogens (tertiary/aromatic N) is 2. The lowest BCUT2D eigenvalue weighted by Gasteiger charge is -2.47. The highest BCUT2D eigenvalue weighted by Gasteiger charge is 2.45. The van der Waals surface area contributed by atoms with Crippen molar-refractivity contribution in [2.24, 2.45) is 5.92 Å². The summed E-state index contributed by atoms with van der Waals surface area (Å²) in [5.41, 5.74) is 2.92. The average molecular weight is 245 g/mol. The minimum Gasteiger partial charge on any atom is -0.364 e. The van der Waals surface area contributed by atoms with Gasteiger partial charge in [-0.3, -0.25) is 4.98 Å². The molecule has 3 heteroatoms. The Morgan fingerprint density at radius 1 is 1.44 bits per heavy atom. The fourth-order valence-corrected chi connectivity index (χ4v) is 3.13. The molecule has 0 bridgehead atoms. The second-order valence-electron chi connectivity index (χ2n) is 6.21. The number of piperazine rings is 1. The van der Waals surface area contributed by atoms with Crippen LogP contribution in [0.15, 0.2) is 18.5 Å². The molecule has 1 N–H and O–H groups in total. The van der Waals surface area contributed by atoms with Gasteiger partial charge in [-0.1, -0.05) is 0 Å². The number of pyridine rings is 1. The van der Waals surface area contributed by atoms with Crippen molar-refractivity contribution in [2.75, 3.05) is 18.0 Å². The van der Waals surface area contributed by atoms with Gasteiger partial charge in [-0.25, -0.2) is 0 Å². The van der Waals surface area contributed by atoms with E-state index in [0.717, 1.165) is 19.0 Å². The monoisotopic (exact) mass is 245 g/mol. The number of nitrogens with one attached hydrogen (secondary N) is 1. The Morgan fingerprint density at radius 2 is 2.22 bits per heavy atom. The van der Waals surface area contributed by atoms with E-state index >= 15 is 0 Å². The second-order valence-corrected chi connectivity index (χ2v) is 6.21. The lowest BCUT2D eigenvalue weighted by Crippen LogP contribution is -2.63. The summed E-state index contributed by atoms with van der Waals surface area (Å²) in [6, 6.07) is 2.65. The standard InChI is InChI=1S/C15H23N3/c1-11-6-7-16-9-14(11)18-10-15(3,13-4-5-13)17-8-12(18)2/h6-7,9,12-13,17H,4-5,8,10H2,1-3H3. The summed E-state index contributed by atoms with van der Waals surface area (Å²) in [4.78, 5) is 6.84. The first-order valence-electron chi connectivity index (χ1n) is 7.02. The van der Waals surface area contributed by atoms with E-state index in [4.69, 9.17) is 0 Å². The zero-order valence-electron chi connectivity index (χ0n) is 11.6. The average Bonchev–Trinajstić information content (AvgIpc) is 3.18. The molecule has 2 unspecified atom stereocenters. The van der Waals surface area contributed by atoms with Crippen LogP contribution in [0.2, 0.25) is 0 Å². The van der Waals surface area contributed by atoms with Crippen molar-refractivity contribution in [1.29, 1.82) is 0 Å². The Kier molecular flexibility index (Phi) is 2.81. The molecule has 1 saturated carbocycles. The van der Waals surface area contributed by atoms with Crippen LogP contribution in [-0.4, -0.2) is 29.7 Å². The van der Waals surface area contributed by atoms with Crippen molar-refractivity contribution < 1.29 is 0 Å². The van der Waals surface area contributed by atoms with Gasteiger partial charge in [0.05, 0.1) is 11.9 Å². The van der Waals surface area contributed by atoms with E-state index in [1.54, 1.807) is 0 Å². The molecule has 2 atom stereocenters. The fourth-order valence-electron chi connectivity index (χ4n) is 3.13. The minimum absolute atomic E-state index is 0.286. The van der Waals surface area contributed by atoms with Crippen LogP contribution in [0.1, 0.15) is 32.3 Å². The predicted octanol–water partition coefficient (Wildman–Crippen LogP) is 2.36. The maximum absolute atomic E-state index is 4.30. The van der Waals surface area contributed by atoms with Gasteiger partial charge in [-0.15, -0.1) is 0 Å². The van der Waals surface area contributed by atoms with Gasteiger partial charge in [0.25, 0.3) is 0 Å². The van der Waals surface area contributed by atoms with E-state index < -0.39 is 0 Å². The molecular weight excluding hydrogens is 222 g/mol. The first-order valence-corrected chi connectivity index (χ1v) is 7.02. The van der Waals surface area contributed by atoms with Crippen LogP contribution >= 0.6 is 0 Å². The summed E-state index contributed by atoms with van der Waals surface area (Å²) in [6.45, 7) is 9.04. The van der Waals surface area contributed by atoms with Crippen LogP contribution in [-0.2, 0) is 0 Å². The molecule has 18 heavy (non-hydrogen) atoms. The number of rotatable bonds is 2. The summed E-state index contributed by atoms with van der Waals surface area (Å²) in [6.07, 6.45) is 6.67. The highest BCUT2D eigenvalue weighted by molar-refractivity contribution is 5.53. The largest absolute Gasteiger partial charge is 0.364 e. The summed E-state index contributed by atoms with van der Waals surface area (Å²) in [7, 11) is 0. The van der Waals surface area contributed by atoms with Crippen molar-refractivity contribution in [3.63, 3.8) is 0 Å². The van der Waals surface area contributed by atoms with Crippen LogP contribution in [0.4, 0.5) is 5.69 Å². The van der Waals surface area contributed by atoms with Gasteiger partial charge in [-0.05, 0) is 51.2 Å². The Bertz CT molecular complexity index is 441. The molecule has 0 spiro atoms. The van der Waals surface area contributed by atoms with E-state index in [2.05, 4.69) is 42.0 Å². The number of hydrogen-bond acceptors (Lipinski definition) is 3. The molecule has 1 aromatic heterocycles. The summed E-state index contributed by atoms with van der Waals surface area (Å²) >= 11 is 0.